The Morgan fingerprint density at radius 2 is 1.81 bits per heavy atom. The summed E-state index contributed by atoms with van der Waals surface area (Å²) in [6.45, 7) is 5.28. The summed E-state index contributed by atoms with van der Waals surface area (Å²) < 4.78 is -0.0473. The van der Waals surface area contributed by atoms with Crippen molar-refractivity contribution in [1.82, 2.24) is 10.2 Å². The van der Waals surface area contributed by atoms with Crippen molar-refractivity contribution >= 4 is 29.7 Å². The molecule has 1 aromatic carbocycles. The molecule has 7 nitrogen and oxygen atoms in total. The molecule has 0 radical (unpaired) electrons. The summed E-state index contributed by atoms with van der Waals surface area (Å²) in [5.74, 6) is -1.20. The van der Waals surface area contributed by atoms with Crippen LogP contribution in [0.4, 0.5) is 4.79 Å². The average Bonchev–Trinajstić information content (AvgIpc) is 2.54. The van der Waals surface area contributed by atoms with Crippen molar-refractivity contribution in [3.63, 3.8) is 0 Å². The zero-order valence-electron chi connectivity index (χ0n) is 14.9. The number of rotatable bonds is 6. The molecule has 1 aliphatic heterocycles. The summed E-state index contributed by atoms with van der Waals surface area (Å²) in [6.07, 6.45) is 0.0581. The molecule has 1 fully saturated rings. The van der Waals surface area contributed by atoms with E-state index in [1.165, 1.54) is 0 Å². The lowest BCUT2D eigenvalue weighted by molar-refractivity contribution is -0.139. The maximum absolute atomic E-state index is 12.4. The van der Waals surface area contributed by atoms with Crippen LogP contribution in [0.15, 0.2) is 24.3 Å². The van der Waals surface area contributed by atoms with E-state index < -0.39 is 18.0 Å². The third-order valence-electron chi connectivity index (χ3n) is 4.13. The largest absolute Gasteiger partial charge is 0.481 e. The van der Waals surface area contributed by atoms with Crippen LogP contribution < -0.4 is 5.32 Å². The third kappa shape index (κ3) is 5.94. The summed E-state index contributed by atoms with van der Waals surface area (Å²) in [5.41, 5.74) is 1.37. The molecule has 1 atom stereocenters. The first-order chi connectivity index (χ1) is 12.2. The molecule has 0 bridgehead atoms. The second-order valence-electron chi connectivity index (χ2n) is 6.96. The molecule has 1 unspecified atom stereocenters. The van der Waals surface area contributed by atoms with E-state index in [4.69, 9.17) is 5.11 Å². The van der Waals surface area contributed by atoms with E-state index >= 15 is 0 Å². The molecular formula is C18H24N2O5S. The SMILES string of the molecule is CC1(C)CN(C(=O)NC(Cc2ccc(CC(=O)O)cc2)C(=O)O)CCS1. The molecule has 0 aromatic heterocycles. The summed E-state index contributed by atoms with van der Waals surface area (Å²) in [4.78, 5) is 36.4. The number of amides is 2. The van der Waals surface area contributed by atoms with Crippen LogP contribution in [0.3, 0.4) is 0 Å². The normalized spacial score (nSPS) is 17.4. The second-order valence-corrected chi connectivity index (χ2v) is 8.76. The number of aliphatic carboxylic acids is 2. The van der Waals surface area contributed by atoms with Gasteiger partial charge in [0.1, 0.15) is 6.04 Å². The molecule has 2 amide bonds. The number of hydrogen-bond donors (Lipinski definition) is 3. The second kappa shape index (κ2) is 8.44. The van der Waals surface area contributed by atoms with Gasteiger partial charge in [0.15, 0.2) is 0 Å². The Labute approximate surface area is 156 Å². The molecule has 8 heteroatoms. The number of thioether (sulfide) groups is 1. The number of urea groups is 1. The van der Waals surface area contributed by atoms with E-state index in [9.17, 15) is 19.5 Å². The minimum atomic E-state index is -1.10. The Balaban J connectivity index is 1.99. The highest BCUT2D eigenvalue weighted by Crippen LogP contribution is 2.29. The van der Waals surface area contributed by atoms with Gasteiger partial charge in [-0.05, 0) is 25.0 Å². The first kappa shape index (κ1) is 20.1. The third-order valence-corrected chi connectivity index (χ3v) is 5.42. The van der Waals surface area contributed by atoms with E-state index in [0.717, 1.165) is 11.3 Å². The summed E-state index contributed by atoms with van der Waals surface area (Å²) in [6, 6.07) is 5.31. The van der Waals surface area contributed by atoms with Gasteiger partial charge in [-0.15, -0.1) is 0 Å². The first-order valence-electron chi connectivity index (χ1n) is 8.38. The number of carboxylic acid groups (broad SMARTS) is 2. The lowest BCUT2D eigenvalue weighted by atomic mass is 10.0. The molecule has 1 aliphatic rings. The highest BCUT2D eigenvalue weighted by Gasteiger charge is 2.31. The molecule has 0 saturated carbocycles. The van der Waals surface area contributed by atoms with Gasteiger partial charge in [0.2, 0.25) is 0 Å². The van der Waals surface area contributed by atoms with Crippen LogP contribution in [-0.2, 0) is 22.4 Å². The van der Waals surface area contributed by atoms with Gasteiger partial charge in [-0.25, -0.2) is 9.59 Å². The van der Waals surface area contributed by atoms with Crippen molar-refractivity contribution in [2.75, 3.05) is 18.8 Å². The van der Waals surface area contributed by atoms with Gasteiger partial charge in [0.25, 0.3) is 0 Å². The van der Waals surface area contributed by atoms with Crippen LogP contribution in [0.2, 0.25) is 0 Å². The number of hydrogen-bond acceptors (Lipinski definition) is 4. The number of carbonyl (C=O) groups excluding carboxylic acids is 1. The van der Waals surface area contributed by atoms with E-state index in [1.54, 1.807) is 40.9 Å². The van der Waals surface area contributed by atoms with Gasteiger partial charge in [0, 0.05) is 30.0 Å². The predicted molar refractivity (Wildman–Crippen MR) is 99.6 cm³/mol. The smallest absolute Gasteiger partial charge is 0.326 e. The van der Waals surface area contributed by atoms with Crippen molar-refractivity contribution in [3.05, 3.63) is 35.4 Å². The molecule has 142 valence electrons. The van der Waals surface area contributed by atoms with Crippen molar-refractivity contribution < 1.29 is 24.6 Å². The van der Waals surface area contributed by atoms with E-state index in [-0.39, 0.29) is 23.6 Å². The molecule has 1 saturated heterocycles. The Morgan fingerprint density at radius 1 is 1.19 bits per heavy atom. The van der Waals surface area contributed by atoms with Crippen LogP contribution in [0.1, 0.15) is 25.0 Å². The van der Waals surface area contributed by atoms with Gasteiger partial charge in [-0.2, -0.15) is 11.8 Å². The Kier molecular flexibility index (Phi) is 6.52. The van der Waals surface area contributed by atoms with Gasteiger partial charge in [-0.3, -0.25) is 4.79 Å². The molecule has 1 aromatic rings. The zero-order chi connectivity index (χ0) is 19.3. The monoisotopic (exact) mass is 380 g/mol. The van der Waals surface area contributed by atoms with Gasteiger partial charge < -0.3 is 20.4 Å². The Hall–Kier alpha value is -2.22. The molecule has 0 spiro atoms. The number of carboxylic acids is 2. The quantitative estimate of drug-likeness (QED) is 0.695. The average molecular weight is 380 g/mol. The predicted octanol–water partition coefficient (Wildman–Crippen LogP) is 1.85. The molecule has 2 rings (SSSR count). The molecule has 3 N–H and O–H groups in total. The fraction of sp³-hybridized carbons (Fsp3) is 0.500. The summed E-state index contributed by atoms with van der Waals surface area (Å²) >= 11 is 1.80. The number of nitrogens with one attached hydrogen (secondary N) is 1. The molecule has 0 aliphatic carbocycles. The van der Waals surface area contributed by atoms with Crippen molar-refractivity contribution in [3.8, 4) is 0 Å². The van der Waals surface area contributed by atoms with Crippen molar-refractivity contribution in [2.24, 2.45) is 0 Å². The van der Waals surface area contributed by atoms with Gasteiger partial charge in [-0.1, -0.05) is 24.3 Å². The standard InChI is InChI=1S/C18H24N2O5S/c1-18(2)11-20(7-8-26-18)17(25)19-14(16(23)24)9-12-3-5-13(6-4-12)10-15(21)22/h3-6,14H,7-11H2,1-2H3,(H,19,25)(H,21,22)(H,23,24). The number of carbonyl (C=O) groups is 3. The lowest BCUT2D eigenvalue weighted by Crippen LogP contribution is -2.54. The maximum atomic E-state index is 12.4. The van der Waals surface area contributed by atoms with Crippen LogP contribution in [0.25, 0.3) is 0 Å². The minimum absolute atomic E-state index is 0.0473. The number of nitrogens with zero attached hydrogens (tertiary/aromatic N) is 1. The topological polar surface area (TPSA) is 107 Å². The fourth-order valence-corrected chi connectivity index (χ4v) is 3.95. The van der Waals surface area contributed by atoms with Gasteiger partial charge in [0.05, 0.1) is 6.42 Å². The highest BCUT2D eigenvalue weighted by atomic mass is 32.2. The summed E-state index contributed by atoms with van der Waals surface area (Å²) in [7, 11) is 0. The number of benzene rings is 1. The van der Waals surface area contributed by atoms with Crippen molar-refractivity contribution in [2.45, 2.75) is 37.5 Å². The fourth-order valence-electron chi connectivity index (χ4n) is 2.83. The van der Waals surface area contributed by atoms with E-state index in [0.29, 0.717) is 18.7 Å². The Morgan fingerprint density at radius 3 is 2.35 bits per heavy atom. The molecule has 1 heterocycles. The van der Waals surface area contributed by atoms with Crippen LogP contribution in [0.5, 0.6) is 0 Å². The van der Waals surface area contributed by atoms with E-state index in [1.807, 2.05) is 0 Å². The van der Waals surface area contributed by atoms with Crippen LogP contribution in [0, 0.1) is 0 Å². The maximum Gasteiger partial charge on any atom is 0.326 e. The van der Waals surface area contributed by atoms with Crippen molar-refractivity contribution in [1.29, 1.82) is 0 Å². The van der Waals surface area contributed by atoms with Crippen LogP contribution >= 0.6 is 11.8 Å². The lowest BCUT2D eigenvalue weighted by Gasteiger charge is -2.37. The highest BCUT2D eigenvalue weighted by molar-refractivity contribution is 8.00. The first-order valence-corrected chi connectivity index (χ1v) is 9.37. The minimum Gasteiger partial charge on any atom is -0.481 e. The summed E-state index contributed by atoms with van der Waals surface area (Å²) in [5, 5.41) is 20.8. The Bertz CT molecular complexity index is 675. The molecular weight excluding hydrogens is 356 g/mol. The van der Waals surface area contributed by atoms with Crippen LogP contribution in [-0.4, -0.2) is 62.7 Å². The van der Waals surface area contributed by atoms with E-state index in [2.05, 4.69) is 19.2 Å². The molecule has 26 heavy (non-hydrogen) atoms. The zero-order valence-corrected chi connectivity index (χ0v) is 15.7. The van der Waals surface area contributed by atoms with Gasteiger partial charge >= 0.3 is 18.0 Å².